The van der Waals surface area contributed by atoms with E-state index in [9.17, 15) is 4.79 Å². The monoisotopic (exact) mass is 323 g/mol. The van der Waals surface area contributed by atoms with Gasteiger partial charge in [-0.25, -0.2) is 4.79 Å². The molecule has 19 heavy (non-hydrogen) atoms. The fourth-order valence-corrected chi connectivity index (χ4v) is 2.66. The van der Waals surface area contributed by atoms with Crippen LogP contribution in [-0.2, 0) is 4.79 Å². The molecular formula is C15H18BrNO2. The molecule has 1 aliphatic rings. The van der Waals surface area contributed by atoms with E-state index in [1.54, 1.807) is 6.08 Å². The molecule has 1 N–H and O–H groups in total. The first-order chi connectivity index (χ1) is 8.97. The Morgan fingerprint density at radius 1 is 1.58 bits per heavy atom. The third kappa shape index (κ3) is 3.83. The Morgan fingerprint density at radius 3 is 2.79 bits per heavy atom. The average molecular weight is 324 g/mol. The molecule has 1 aromatic rings. The van der Waals surface area contributed by atoms with Crippen LogP contribution in [0.4, 0.5) is 5.69 Å². The van der Waals surface area contributed by atoms with Gasteiger partial charge in [-0.3, -0.25) is 0 Å². The van der Waals surface area contributed by atoms with E-state index in [0.29, 0.717) is 0 Å². The summed E-state index contributed by atoms with van der Waals surface area (Å²) < 4.78 is 0.915. The third-order valence-corrected chi connectivity index (χ3v) is 4.30. The summed E-state index contributed by atoms with van der Waals surface area (Å²) in [6, 6.07) is 6.00. The van der Waals surface area contributed by atoms with Crippen LogP contribution in [0.1, 0.15) is 18.9 Å². The Hall–Kier alpha value is -1.29. The lowest BCUT2D eigenvalue weighted by Gasteiger charge is -2.20. The maximum atomic E-state index is 10.5. The van der Waals surface area contributed by atoms with Crippen LogP contribution in [0.25, 0.3) is 6.08 Å². The molecular weight excluding hydrogens is 306 g/mol. The second-order valence-corrected chi connectivity index (χ2v) is 6.09. The van der Waals surface area contributed by atoms with Gasteiger partial charge in [0.15, 0.2) is 0 Å². The molecule has 2 atom stereocenters. The molecule has 4 heteroatoms. The Kier molecular flexibility index (Phi) is 4.30. The number of rotatable bonds is 5. The van der Waals surface area contributed by atoms with Crippen molar-refractivity contribution < 1.29 is 9.90 Å². The lowest BCUT2D eigenvalue weighted by Crippen LogP contribution is -2.20. The number of hydrogen-bond acceptors (Lipinski definition) is 2. The largest absolute Gasteiger partial charge is 0.478 e. The highest BCUT2D eigenvalue weighted by molar-refractivity contribution is 9.10. The predicted octanol–water partition coefficient (Wildman–Crippen LogP) is 3.64. The van der Waals surface area contributed by atoms with E-state index in [1.165, 1.54) is 6.42 Å². The van der Waals surface area contributed by atoms with Crippen LogP contribution in [0.3, 0.4) is 0 Å². The molecule has 1 fully saturated rings. The summed E-state index contributed by atoms with van der Waals surface area (Å²) in [5.41, 5.74) is 2.03. The van der Waals surface area contributed by atoms with E-state index in [-0.39, 0.29) is 0 Å². The SMILES string of the molecule is CC1CC1CN(C)c1ccc(/C=C/C(=O)O)c(Br)c1. The molecule has 0 radical (unpaired) electrons. The molecule has 1 aliphatic carbocycles. The first kappa shape index (κ1) is 14.1. The van der Waals surface area contributed by atoms with Gasteiger partial charge in [-0.05, 0) is 42.0 Å². The van der Waals surface area contributed by atoms with E-state index < -0.39 is 5.97 Å². The van der Waals surface area contributed by atoms with Gasteiger partial charge in [0, 0.05) is 29.8 Å². The minimum absolute atomic E-state index is 0.815. The topological polar surface area (TPSA) is 40.5 Å². The molecule has 0 heterocycles. The molecule has 0 amide bonds. The van der Waals surface area contributed by atoms with Crippen molar-refractivity contribution in [1.82, 2.24) is 0 Å². The Labute approximate surface area is 122 Å². The molecule has 0 bridgehead atoms. The highest BCUT2D eigenvalue weighted by atomic mass is 79.9. The molecule has 1 aromatic carbocycles. The second-order valence-electron chi connectivity index (χ2n) is 5.23. The predicted molar refractivity (Wildman–Crippen MR) is 81.4 cm³/mol. The summed E-state index contributed by atoms with van der Waals surface area (Å²) >= 11 is 3.49. The molecule has 102 valence electrons. The summed E-state index contributed by atoms with van der Waals surface area (Å²) in [5.74, 6) is 0.731. The first-order valence-corrected chi connectivity index (χ1v) is 7.18. The van der Waals surface area contributed by atoms with Gasteiger partial charge < -0.3 is 10.0 Å². The van der Waals surface area contributed by atoms with Crippen molar-refractivity contribution in [3.05, 3.63) is 34.3 Å². The van der Waals surface area contributed by atoms with E-state index in [0.717, 1.165) is 40.2 Å². The van der Waals surface area contributed by atoms with Crippen molar-refractivity contribution in [3.63, 3.8) is 0 Å². The highest BCUT2D eigenvalue weighted by Gasteiger charge is 2.33. The number of halogens is 1. The molecule has 0 aromatic heterocycles. The van der Waals surface area contributed by atoms with Crippen LogP contribution in [0.5, 0.6) is 0 Å². The van der Waals surface area contributed by atoms with Gasteiger partial charge in [0.05, 0.1) is 0 Å². The van der Waals surface area contributed by atoms with Crippen molar-refractivity contribution in [2.45, 2.75) is 13.3 Å². The molecule has 3 nitrogen and oxygen atoms in total. The quantitative estimate of drug-likeness (QED) is 0.841. The number of anilines is 1. The number of carbonyl (C=O) groups is 1. The number of carboxylic acids is 1. The van der Waals surface area contributed by atoms with Gasteiger partial charge in [0.1, 0.15) is 0 Å². The number of hydrogen-bond donors (Lipinski definition) is 1. The van der Waals surface area contributed by atoms with Crippen molar-refractivity contribution in [2.24, 2.45) is 11.8 Å². The Morgan fingerprint density at radius 2 is 2.26 bits per heavy atom. The fraction of sp³-hybridized carbons (Fsp3) is 0.400. The lowest BCUT2D eigenvalue weighted by molar-refractivity contribution is -0.131. The summed E-state index contributed by atoms with van der Waals surface area (Å²) in [5, 5.41) is 8.63. The van der Waals surface area contributed by atoms with Crippen LogP contribution in [-0.4, -0.2) is 24.7 Å². The molecule has 0 spiro atoms. The minimum Gasteiger partial charge on any atom is -0.478 e. The lowest BCUT2D eigenvalue weighted by atomic mass is 10.1. The van der Waals surface area contributed by atoms with Gasteiger partial charge in [-0.15, -0.1) is 0 Å². The standard InChI is InChI=1S/C15H18BrNO2/c1-10-7-12(10)9-17(2)13-5-3-11(14(16)8-13)4-6-15(18)19/h3-6,8,10,12H,7,9H2,1-2H3,(H,18,19)/b6-4+. The van der Waals surface area contributed by atoms with Crippen LogP contribution in [0.15, 0.2) is 28.7 Å². The van der Waals surface area contributed by atoms with E-state index in [4.69, 9.17) is 5.11 Å². The molecule has 0 saturated heterocycles. The highest BCUT2D eigenvalue weighted by Crippen LogP contribution is 2.39. The molecule has 2 unspecified atom stereocenters. The van der Waals surface area contributed by atoms with E-state index >= 15 is 0 Å². The maximum absolute atomic E-state index is 10.5. The molecule has 0 aliphatic heterocycles. The van der Waals surface area contributed by atoms with Gasteiger partial charge in [0.25, 0.3) is 0 Å². The van der Waals surface area contributed by atoms with Gasteiger partial charge >= 0.3 is 5.97 Å². The van der Waals surface area contributed by atoms with Gasteiger partial charge in [0.2, 0.25) is 0 Å². The normalized spacial score (nSPS) is 21.6. The fourth-order valence-electron chi connectivity index (χ4n) is 2.16. The summed E-state index contributed by atoms with van der Waals surface area (Å²) in [6.07, 6.45) is 4.07. The van der Waals surface area contributed by atoms with Crippen molar-refractivity contribution in [3.8, 4) is 0 Å². The number of aliphatic carboxylic acids is 1. The smallest absolute Gasteiger partial charge is 0.328 e. The average Bonchev–Trinajstić information content (AvgIpc) is 3.03. The van der Waals surface area contributed by atoms with Gasteiger partial charge in [-0.2, -0.15) is 0 Å². The third-order valence-electron chi connectivity index (χ3n) is 3.61. The second kappa shape index (κ2) is 5.78. The summed E-state index contributed by atoms with van der Waals surface area (Å²) in [4.78, 5) is 12.8. The minimum atomic E-state index is -0.934. The van der Waals surface area contributed by atoms with Crippen LogP contribution < -0.4 is 4.90 Å². The number of nitrogens with zero attached hydrogens (tertiary/aromatic N) is 1. The number of benzene rings is 1. The molecule has 2 rings (SSSR count). The van der Waals surface area contributed by atoms with Crippen molar-refractivity contribution in [1.29, 1.82) is 0 Å². The van der Waals surface area contributed by atoms with Crippen molar-refractivity contribution in [2.75, 3.05) is 18.5 Å². The van der Waals surface area contributed by atoms with E-state index in [1.807, 2.05) is 18.2 Å². The Bertz CT molecular complexity index is 513. The Balaban J connectivity index is 2.07. The zero-order valence-electron chi connectivity index (χ0n) is 11.1. The van der Waals surface area contributed by atoms with Crippen LogP contribution in [0.2, 0.25) is 0 Å². The summed E-state index contributed by atoms with van der Waals surface area (Å²) in [7, 11) is 2.10. The van der Waals surface area contributed by atoms with Gasteiger partial charge in [-0.1, -0.05) is 28.9 Å². The maximum Gasteiger partial charge on any atom is 0.328 e. The van der Waals surface area contributed by atoms with Crippen molar-refractivity contribution >= 4 is 33.7 Å². The number of carboxylic acid groups (broad SMARTS) is 1. The zero-order valence-corrected chi connectivity index (χ0v) is 12.7. The van der Waals surface area contributed by atoms with Crippen LogP contribution >= 0.6 is 15.9 Å². The molecule has 1 saturated carbocycles. The zero-order chi connectivity index (χ0) is 14.0. The van der Waals surface area contributed by atoms with E-state index in [2.05, 4.69) is 34.8 Å². The van der Waals surface area contributed by atoms with Crippen LogP contribution in [0, 0.1) is 11.8 Å². The first-order valence-electron chi connectivity index (χ1n) is 6.39. The summed E-state index contributed by atoms with van der Waals surface area (Å²) in [6.45, 7) is 3.37.